The van der Waals surface area contributed by atoms with Crippen molar-refractivity contribution in [3.8, 4) is 16.9 Å². The highest BCUT2D eigenvalue weighted by Gasteiger charge is 2.19. The zero-order valence-electron chi connectivity index (χ0n) is 23.0. The van der Waals surface area contributed by atoms with Crippen molar-refractivity contribution in [2.24, 2.45) is 0 Å². The van der Waals surface area contributed by atoms with Crippen LogP contribution in [0.4, 0.5) is 0 Å². The summed E-state index contributed by atoms with van der Waals surface area (Å²) in [6.07, 6.45) is 2.05. The van der Waals surface area contributed by atoms with Crippen LogP contribution in [0.2, 0.25) is 56.5 Å². The maximum atomic E-state index is 6.27. The summed E-state index contributed by atoms with van der Waals surface area (Å²) in [5, 5.41) is 10.2. The maximum absolute atomic E-state index is 6.27. The minimum absolute atomic E-state index is 0.361. The molecule has 0 radical (unpaired) electrons. The van der Waals surface area contributed by atoms with Crippen LogP contribution in [-0.2, 0) is 22.9 Å². The molecule has 8 nitrogen and oxygen atoms in total. The van der Waals surface area contributed by atoms with Gasteiger partial charge in [0.2, 0.25) is 0 Å². The summed E-state index contributed by atoms with van der Waals surface area (Å²) in [6, 6.07) is 10.0. The lowest BCUT2D eigenvalue weighted by atomic mass is 10.0. The second-order valence-electron chi connectivity index (χ2n) is 11.8. The first kappa shape index (κ1) is 27.8. The van der Waals surface area contributed by atoms with Gasteiger partial charge < -0.3 is 18.8 Å². The largest absolute Gasteiger partial charge is 0.496 e. The number of benzene rings is 1. The molecule has 0 aliphatic heterocycles. The lowest BCUT2D eigenvalue weighted by Gasteiger charge is -2.15. The van der Waals surface area contributed by atoms with Crippen LogP contribution >= 0.6 is 11.6 Å². The smallest absolute Gasteiger partial charge is 0.144 e. The van der Waals surface area contributed by atoms with Gasteiger partial charge in [-0.05, 0) is 30.3 Å². The standard InChI is InChI=1S/C26H38ClN5O3Si2/c1-33-24-15-23-22(29-30-32(23)18-35-11-13-37(5,6)7)14-20(24)21-16-31(17-34-10-12-36(2,3)4)26-19(21)8-9-25(27)28-26/h8-9,14-16H,10-13,17-18H2,1-7H3. The molecule has 3 aromatic heterocycles. The molecule has 0 unspecified atom stereocenters. The van der Waals surface area contributed by atoms with Crippen LogP contribution in [0.1, 0.15) is 0 Å². The SMILES string of the molecule is COc1cc2c(cc1-c1cn(COCC[Si](C)(C)C)c3nc(Cl)ccc13)nnn2COCC[Si](C)(C)C. The van der Waals surface area contributed by atoms with Gasteiger partial charge in [0.1, 0.15) is 35.5 Å². The monoisotopic (exact) mass is 559 g/mol. The summed E-state index contributed by atoms with van der Waals surface area (Å²) in [5.74, 6) is 0.729. The van der Waals surface area contributed by atoms with E-state index in [0.717, 1.165) is 64.2 Å². The normalized spacial score (nSPS) is 12.6. The Morgan fingerprint density at radius 1 is 0.892 bits per heavy atom. The summed E-state index contributed by atoms with van der Waals surface area (Å²) < 4.78 is 21.6. The minimum atomic E-state index is -1.17. The van der Waals surface area contributed by atoms with Crippen LogP contribution in [0.15, 0.2) is 30.5 Å². The second kappa shape index (κ2) is 11.2. The van der Waals surface area contributed by atoms with E-state index in [9.17, 15) is 0 Å². The molecule has 0 amide bonds. The van der Waals surface area contributed by atoms with Crippen LogP contribution in [0, 0.1) is 0 Å². The third-order valence-electron chi connectivity index (χ3n) is 6.25. The van der Waals surface area contributed by atoms with E-state index >= 15 is 0 Å². The molecule has 0 atom stereocenters. The number of rotatable bonds is 12. The first-order chi connectivity index (χ1) is 17.4. The van der Waals surface area contributed by atoms with Gasteiger partial charge in [0, 0.05) is 58.1 Å². The zero-order chi connectivity index (χ0) is 26.8. The van der Waals surface area contributed by atoms with E-state index in [-0.39, 0.29) is 0 Å². The Balaban J connectivity index is 1.64. The molecule has 0 aliphatic carbocycles. The Kier molecular flexibility index (Phi) is 8.44. The van der Waals surface area contributed by atoms with Crippen LogP contribution in [0.25, 0.3) is 33.2 Å². The zero-order valence-corrected chi connectivity index (χ0v) is 25.7. The van der Waals surface area contributed by atoms with Crippen LogP contribution in [0.3, 0.4) is 0 Å². The molecule has 0 aliphatic rings. The summed E-state index contributed by atoms with van der Waals surface area (Å²) >= 11 is 6.27. The van der Waals surface area contributed by atoms with Crippen LogP contribution < -0.4 is 4.74 Å². The van der Waals surface area contributed by atoms with E-state index < -0.39 is 16.1 Å². The third kappa shape index (κ3) is 6.99. The number of ether oxygens (including phenoxy) is 3. The van der Waals surface area contributed by atoms with E-state index in [1.54, 1.807) is 11.8 Å². The number of fused-ring (bicyclic) bond motifs is 2. The fourth-order valence-electron chi connectivity index (χ4n) is 3.99. The Morgan fingerprint density at radius 3 is 2.22 bits per heavy atom. The molecule has 0 bridgehead atoms. The number of methoxy groups -OCH3 is 1. The molecular weight excluding hydrogens is 522 g/mol. The summed E-state index contributed by atoms with van der Waals surface area (Å²) in [6.45, 7) is 16.3. The average molecular weight is 560 g/mol. The fraction of sp³-hybridized carbons (Fsp3) is 0.500. The highest BCUT2D eigenvalue weighted by Crippen LogP contribution is 2.38. The Labute approximate surface area is 225 Å². The Hall–Kier alpha value is -2.25. The Bertz CT molecular complexity index is 1370. The van der Waals surface area contributed by atoms with E-state index in [0.29, 0.717) is 18.6 Å². The van der Waals surface area contributed by atoms with Crippen molar-refractivity contribution in [1.82, 2.24) is 24.5 Å². The van der Waals surface area contributed by atoms with Crippen molar-refractivity contribution < 1.29 is 14.2 Å². The molecule has 4 rings (SSSR count). The van der Waals surface area contributed by atoms with Crippen LogP contribution in [0.5, 0.6) is 5.75 Å². The van der Waals surface area contributed by atoms with Crippen LogP contribution in [-0.4, -0.2) is 61.0 Å². The number of hydrogen-bond donors (Lipinski definition) is 0. The van der Waals surface area contributed by atoms with E-state index in [1.165, 1.54) is 0 Å². The van der Waals surface area contributed by atoms with Crippen molar-refractivity contribution in [1.29, 1.82) is 0 Å². The minimum Gasteiger partial charge on any atom is -0.496 e. The molecule has 3 heterocycles. The topological polar surface area (TPSA) is 76.2 Å². The van der Waals surface area contributed by atoms with Gasteiger partial charge >= 0.3 is 0 Å². The molecule has 4 aromatic rings. The molecule has 0 fully saturated rings. The number of pyridine rings is 1. The summed E-state index contributed by atoms with van der Waals surface area (Å²) in [7, 11) is -0.643. The van der Waals surface area contributed by atoms with Gasteiger partial charge in [-0.2, -0.15) is 0 Å². The van der Waals surface area contributed by atoms with Gasteiger partial charge in [0.25, 0.3) is 0 Å². The lowest BCUT2D eigenvalue weighted by Crippen LogP contribution is -2.22. The third-order valence-corrected chi connectivity index (χ3v) is 9.87. The van der Waals surface area contributed by atoms with Crippen molar-refractivity contribution >= 4 is 49.8 Å². The lowest BCUT2D eigenvalue weighted by molar-refractivity contribution is 0.0802. The molecule has 200 valence electrons. The number of aromatic nitrogens is 5. The van der Waals surface area contributed by atoms with Crippen molar-refractivity contribution in [2.45, 2.75) is 64.8 Å². The van der Waals surface area contributed by atoms with Crippen molar-refractivity contribution in [3.63, 3.8) is 0 Å². The fourth-order valence-corrected chi connectivity index (χ4v) is 5.65. The van der Waals surface area contributed by atoms with Gasteiger partial charge in [-0.15, -0.1) is 5.10 Å². The molecule has 37 heavy (non-hydrogen) atoms. The number of nitrogens with zero attached hydrogens (tertiary/aromatic N) is 5. The van der Waals surface area contributed by atoms with E-state index in [1.807, 2.05) is 28.8 Å². The summed E-state index contributed by atoms with van der Waals surface area (Å²) in [4.78, 5) is 4.60. The van der Waals surface area contributed by atoms with Gasteiger partial charge in [-0.3, -0.25) is 0 Å². The highest BCUT2D eigenvalue weighted by molar-refractivity contribution is 6.76. The maximum Gasteiger partial charge on any atom is 0.144 e. The average Bonchev–Trinajstić information content (AvgIpc) is 3.38. The molecule has 0 saturated heterocycles. The Morgan fingerprint density at radius 2 is 1.57 bits per heavy atom. The molecular formula is C26H38ClN5O3Si2. The number of hydrogen-bond acceptors (Lipinski definition) is 6. The van der Waals surface area contributed by atoms with Gasteiger partial charge in [0.05, 0.1) is 12.6 Å². The van der Waals surface area contributed by atoms with Gasteiger partial charge in [0.15, 0.2) is 0 Å². The first-order valence-corrected chi connectivity index (χ1v) is 20.5. The van der Waals surface area contributed by atoms with Crippen molar-refractivity contribution in [2.75, 3.05) is 20.3 Å². The predicted molar refractivity (Wildman–Crippen MR) is 156 cm³/mol. The highest BCUT2D eigenvalue weighted by atomic mass is 35.5. The van der Waals surface area contributed by atoms with Gasteiger partial charge in [-0.1, -0.05) is 56.1 Å². The predicted octanol–water partition coefficient (Wildman–Crippen LogP) is 6.73. The van der Waals surface area contributed by atoms with E-state index in [4.69, 9.17) is 25.8 Å². The molecule has 1 aromatic carbocycles. The second-order valence-corrected chi connectivity index (χ2v) is 23.5. The molecule has 0 N–H and O–H groups in total. The molecule has 0 spiro atoms. The van der Waals surface area contributed by atoms with E-state index in [2.05, 4.69) is 60.8 Å². The first-order valence-electron chi connectivity index (χ1n) is 12.7. The molecule has 0 saturated carbocycles. The summed E-state index contributed by atoms with van der Waals surface area (Å²) in [5.41, 5.74) is 4.31. The van der Waals surface area contributed by atoms with Gasteiger partial charge in [-0.25, -0.2) is 9.67 Å². The quantitative estimate of drug-likeness (QED) is 0.109. The van der Waals surface area contributed by atoms with Crippen molar-refractivity contribution in [3.05, 3.63) is 35.6 Å². The molecule has 11 heteroatoms. The number of halogens is 1.